The van der Waals surface area contributed by atoms with Crippen molar-refractivity contribution in [1.82, 2.24) is 0 Å². The Bertz CT molecular complexity index is 114. The van der Waals surface area contributed by atoms with Crippen LogP contribution in [0.2, 0.25) is 0 Å². The molecule has 0 fully saturated rings. The van der Waals surface area contributed by atoms with Crippen LogP contribution in [-0.4, -0.2) is 13.2 Å². The van der Waals surface area contributed by atoms with E-state index in [1.807, 2.05) is 12.2 Å². The largest absolute Gasteiger partial charge is 0.377 e. The predicted octanol–water partition coefficient (Wildman–Crippen LogP) is 1.52. The van der Waals surface area contributed by atoms with Crippen LogP contribution >= 0.6 is 0 Å². The Hall–Kier alpha value is -0.560. The molecule has 0 bridgehead atoms. The molecule has 0 N–H and O–H groups in total. The van der Waals surface area contributed by atoms with Crippen LogP contribution in [0.1, 0.15) is 6.42 Å². The Morgan fingerprint density at radius 1 is 1.50 bits per heavy atom. The third kappa shape index (κ3) is 1.20. The van der Waals surface area contributed by atoms with Crippen molar-refractivity contribution in [1.29, 1.82) is 0 Å². The first-order valence-corrected chi connectivity index (χ1v) is 2.79. The molecular weight excluding hydrogens is 106 g/mol. The molecule has 0 saturated carbocycles. The fraction of sp³-hybridized carbons (Fsp3) is 0.429. The van der Waals surface area contributed by atoms with Crippen LogP contribution in [0.25, 0.3) is 0 Å². The number of methoxy groups -OCH3 is 1. The van der Waals surface area contributed by atoms with Gasteiger partial charge in [-0.1, -0.05) is 24.3 Å². The molecule has 44 valence electrons. The van der Waals surface area contributed by atoms with Crippen LogP contribution in [0.15, 0.2) is 24.3 Å². The summed E-state index contributed by atoms with van der Waals surface area (Å²) in [4.78, 5) is 0. The highest BCUT2D eigenvalue weighted by molar-refractivity contribution is 5.11. The summed E-state index contributed by atoms with van der Waals surface area (Å²) in [6.07, 6.45) is 9.55. The van der Waals surface area contributed by atoms with Gasteiger partial charge in [0.2, 0.25) is 0 Å². The van der Waals surface area contributed by atoms with E-state index in [-0.39, 0.29) is 0 Å². The topological polar surface area (TPSA) is 9.23 Å². The van der Waals surface area contributed by atoms with Crippen molar-refractivity contribution in [3.8, 4) is 0 Å². The molecule has 0 aromatic rings. The lowest BCUT2D eigenvalue weighted by molar-refractivity contribution is 0.142. The Balaban J connectivity index is 2.40. The van der Waals surface area contributed by atoms with E-state index in [9.17, 15) is 0 Å². The van der Waals surface area contributed by atoms with Gasteiger partial charge in [-0.2, -0.15) is 0 Å². The SMILES string of the molecule is CO[13CH]1[13CH]=[13CH][13CH]=[13CH][13CH2]1. The second-order valence-electron chi connectivity index (χ2n) is 1.82. The van der Waals surface area contributed by atoms with Gasteiger partial charge in [0.1, 0.15) is 0 Å². The van der Waals surface area contributed by atoms with Crippen molar-refractivity contribution in [3.05, 3.63) is 24.3 Å². The lowest BCUT2D eigenvalue weighted by Crippen LogP contribution is -2.05. The minimum absolute atomic E-state index is 0.319. The van der Waals surface area contributed by atoms with E-state index < -0.39 is 0 Å². The molecule has 1 rings (SSSR count). The van der Waals surface area contributed by atoms with E-state index in [0.29, 0.717) is 6.10 Å². The highest BCUT2D eigenvalue weighted by Gasteiger charge is 1.99. The standard InChI is InChI=1S/C7H10O/c1-8-7-5-3-2-4-6-7/h2-5,7H,6H2,1H3/i2+1,3+1,4+1,5+1,6+1,7+1. The number of rotatable bonds is 1. The van der Waals surface area contributed by atoms with Gasteiger partial charge in [0.05, 0.1) is 6.10 Å². The summed E-state index contributed by atoms with van der Waals surface area (Å²) in [5.74, 6) is 0. The first-order valence-electron chi connectivity index (χ1n) is 2.79. The van der Waals surface area contributed by atoms with Crippen molar-refractivity contribution in [2.75, 3.05) is 7.11 Å². The van der Waals surface area contributed by atoms with E-state index in [0.717, 1.165) is 6.42 Å². The fourth-order valence-corrected chi connectivity index (χ4v) is 0.733. The maximum absolute atomic E-state index is 5.05. The maximum atomic E-state index is 5.05. The summed E-state index contributed by atoms with van der Waals surface area (Å²) in [6, 6.07) is 0. The number of hydrogen-bond acceptors (Lipinski definition) is 1. The molecule has 0 spiro atoms. The molecule has 1 atom stereocenters. The monoisotopic (exact) mass is 116 g/mol. The summed E-state index contributed by atoms with van der Waals surface area (Å²) in [6.45, 7) is 0. The van der Waals surface area contributed by atoms with E-state index in [2.05, 4.69) is 12.2 Å². The zero-order valence-electron chi connectivity index (χ0n) is 5.00. The molecule has 0 aromatic heterocycles. The maximum Gasteiger partial charge on any atom is 0.0789 e. The van der Waals surface area contributed by atoms with Crippen LogP contribution in [-0.2, 0) is 4.74 Å². The van der Waals surface area contributed by atoms with Gasteiger partial charge < -0.3 is 4.74 Å². The Morgan fingerprint density at radius 3 is 2.75 bits per heavy atom. The molecule has 1 aliphatic carbocycles. The van der Waals surface area contributed by atoms with Crippen molar-refractivity contribution in [2.24, 2.45) is 0 Å². The first kappa shape index (κ1) is 5.57. The average molecular weight is 116 g/mol. The van der Waals surface area contributed by atoms with Crippen molar-refractivity contribution in [2.45, 2.75) is 12.5 Å². The Kier molecular flexibility index (Phi) is 1.86. The normalized spacial score (nSPS) is 26.4. The lowest BCUT2D eigenvalue weighted by Gasteiger charge is -2.08. The van der Waals surface area contributed by atoms with E-state index in [1.54, 1.807) is 7.11 Å². The molecule has 0 amide bonds. The van der Waals surface area contributed by atoms with Crippen molar-refractivity contribution < 1.29 is 4.74 Å². The van der Waals surface area contributed by atoms with E-state index >= 15 is 0 Å². The van der Waals surface area contributed by atoms with Gasteiger partial charge in [0.25, 0.3) is 0 Å². The van der Waals surface area contributed by atoms with Crippen LogP contribution in [0.3, 0.4) is 0 Å². The zero-order chi connectivity index (χ0) is 5.82. The highest BCUT2D eigenvalue weighted by Crippen LogP contribution is 2.04. The summed E-state index contributed by atoms with van der Waals surface area (Å²) in [5.41, 5.74) is 0. The molecular formula is C7H10O. The van der Waals surface area contributed by atoms with E-state index in [4.69, 9.17) is 4.74 Å². The molecule has 1 heteroatoms. The fourth-order valence-electron chi connectivity index (χ4n) is 0.733. The minimum Gasteiger partial charge on any atom is -0.377 e. The third-order valence-electron chi connectivity index (χ3n) is 1.24. The van der Waals surface area contributed by atoms with E-state index in [1.165, 1.54) is 0 Å². The van der Waals surface area contributed by atoms with Gasteiger partial charge in [-0.3, -0.25) is 0 Å². The third-order valence-corrected chi connectivity index (χ3v) is 1.24. The van der Waals surface area contributed by atoms with Gasteiger partial charge in [0, 0.05) is 7.11 Å². The van der Waals surface area contributed by atoms with Gasteiger partial charge >= 0.3 is 0 Å². The molecule has 0 saturated heterocycles. The first-order chi connectivity index (χ1) is 3.93. The van der Waals surface area contributed by atoms with Crippen LogP contribution < -0.4 is 0 Å². The van der Waals surface area contributed by atoms with Crippen LogP contribution in [0, 0.1) is 0 Å². The Labute approximate surface area is 49.7 Å². The molecule has 1 unspecified atom stereocenters. The van der Waals surface area contributed by atoms with Crippen LogP contribution in [0.4, 0.5) is 0 Å². The molecule has 0 aliphatic heterocycles. The molecule has 1 aliphatic rings. The molecule has 0 aromatic carbocycles. The Morgan fingerprint density at radius 2 is 2.38 bits per heavy atom. The zero-order valence-corrected chi connectivity index (χ0v) is 5.00. The van der Waals surface area contributed by atoms with Crippen molar-refractivity contribution in [3.63, 3.8) is 0 Å². The number of allylic oxidation sites excluding steroid dienone is 2. The summed E-state index contributed by atoms with van der Waals surface area (Å²) < 4.78 is 5.05. The summed E-state index contributed by atoms with van der Waals surface area (Å²) >= 11 is 0. The summed E-state index contributed by atoms with van der Waals surface area (Å²) in [7, 11) is 1.73. The molecule has 1 nitrogen and oxygen atoms in total. The molecule has 0 radical (unpaired) electrons. The minimum atomic E-state index is 0.319. The molecule has 0 heterocycles. The van der Waals surface area contributed by atoms with Gasteiger partial charge in [-0.15, -0.1) is 0 Å². The smallest absolute Gasteiger partial charge is 0.0789 e. The van der Waals surface area contributed by atoms with Gasteiger partial charge in [-0.25, -0.2) is 0 Å². The average Bonchev–Trinajstić information content (AvgIpc) is 1.90. The number of hydrogen-bond donors (Lipinski definition) is 0. The second kappa shape index (κ2) is 2.68. The quantitative estimate of drug-likeness (QED) is 0.472. The van der Waals surface area contributed by atoms with Gasteiger partial charge in [-0.05, 0) is 6.42 Å². The predicted molar refractivity (Wildman–Crippen MR) is 33.7 cm³/mol. The summed E-state index contributed by atoms with van der Waals surface area (Å²) in [5, 5.41) is 0. The van der Waals surface area contributed by atoms with Gasteiger partial charge in [0.15, 0.2) is 0 Å². The van der Waals surface area contributed by atoms with Crippen molar-refractivity contribution >= 4 is 0 Å². The van der Waals surface area contributed by atoms with Crippen LogP contribution in [0.5, 0.6) is 0 Å². The number of ether oxygens (including phenoxy) is 1. The second-order valence-corrected chi connectivity index (χ2v) is 1.82. The highest BCUT2D eigenvalue weighted by atomic mass is 16.6. The molecule has 8 heavy (non-hydrogen) atoms. The lowest BCUT2D eigenvalue weighted by atomic mass is 11.1.